The summed E-state index contributed by atoms with van der Waals surface area (Å²) in [4.78, 5) is 11.9. The number of fused-ring (bicyclic) bond motifs is 1. The van der Waals surface area contributed by atoms with Gasteiger partial charge >= 0.3 is 0 Å². The molecule has 15 heavy (non-hydrogen) atoms. The summed E-state index contributed by atoms with van der Waals surface area (Å²) in [7, 11) is 0. The quantitative estimate of drug-likeness (QED) is 0.693. The van der Waals surface area contributed by atoms with Crippen LogP contribution in [0.25, 0.3) is 0 Å². The van der Waals surface area contributed by atoms with Crippen molar-refractivity contribution >= 4 is 5.78 Å². The number of Topliss-reactive ketones (excluding diaryl/α,β-unsaturated/α-hetero) is 1. The molecule has 0 saturated carbocycles. The van der Waals surface area contributed by atoms with Crippen molar-refractivity contribution in [2.24, 2.45) is 0 Å². The second-order valence-electron chi connectivity index (χ2n) is 4.02. The van der Waals surface area contributed by atoms with Gasteiger partial charge in [0, 0.05) is 23.0 Å². The van der Waals surface area contributed by atoms with Crippen LogP contribution in [0.4, 0.5) is 0 Å². The molecule has 2 rings (SSSR count). The molecule has 0 aliphatic heterocycles. The van der Waals surface area contributed by atoms with Crippen molar-refractivity contribution in [2.45, 2.75) is 32.1 Å². The highest BCUT2D eigenvalue weighted by Crippen LogP contribution is 2.48. The Hall–Kier alpha value is -1.51. The predicted molar refractivity (Wildman–Crippen MR) is 56.2 cm³/mol. The molecule has 3 heteroatoms. The second-order valence-corrected chi connectivity index (χ2v) is 4.02. The molecular weight excluding hydrogens is 192 g/mol. The smallest absolute Gasteiger partial charge is 0.147 e. The van der Waals surface area contributed by atoms with Crippen molar-refractivity contribution in [3.05, 3.63) is 23.3 Å². The Morgan fingerprint density at radius 2 is 1.73 bits per heavy atom. The Morgan fingerprint density at radius 3 is 2.27 bits per heavy atom. The standard InChI is InChI=1S/C12H14O3/c1-3-7-11-9(14)5-4-8(13)10(11)6(2)12(7)15/h4-7,13-14H,3H2,1-2H3. The van der Waals surface area contributed by atoms with E-state index in [0.717, 1.165) is 0 Å². The zero-order valence-corrected chi connectivity index (χ0v) is 8.82. The van der Waals surface area contributed by atoms with E-state index in [1.54, 1.807) is 6.92 Å². The molecule has 0 heterocycles. The molecule has 0 radical (unpaired) electrons. The van der Waals surface area contributed by atoms with Gasteiger partial charge < -0.3 is 10.2 Å². The normalized spacial score (nSPS) is 24.3. The number of phenols is 2. The average molecular weight is 206 g/mol. The minimum absolute atomic E-state index is 0.0873. The van der Waals surface area contributed by atoms with Crippen molar-refractivity contribution in [3.8, 4) is 11.5 Å². The lowest BCUT2D eigenvalue weighted by Gasteiger charge is -2.09. The summed E-state index contributed by atoms with van der Waals surface area (Å²) in [6, 6.07) is 2.89. The first-order valence-corrected chi connectivity index (χ1v) is 5.16. The SMILES string of the molecule is CCC1C(=O)C(C)c2c(O)ccc(O)c21. The molecule has 0 spiro atoms. The first-order chi connectivity index (χ1) is 7.07. The number of carbonyl (C=O) groups is 1. The van der Waals surface area contributed by atoms with Crippen LogP contribution < -0.4 is 0 Å². The van der Waals surface area contributed by atoms with E-state index in [-0.39, 0.29) is 29.1 Å². The molecule has 1 aromatic carbocycles. The molecule has 1 aromatic rings. The summed E-state index contributed by atoms with van der Waals surface area (Å²) in [5, 5.41) is 19.4. The lowest BCUT2D eigenvalue weighted by atomic mass is 9.97. The number of rotatable bonds is 1. The highest BCUT2D eigenvalue weighted by atomic mass is 16.3. The van der Waals surface area contributed by atoms with Gasteiger partial charge in [0.2, 0.25) is 0 Å². The van der Waals surface area contributed by atoms with Crippen LogP contribution in [0.2, 0.25) is 0 Å². The molecule has 0 aromatic heterocycles. The van der Waals surface area contributed by atoms with E-state index in [9.17, 15) is 15.0 Å². The van der Waals surface area contributed by atoms with Crippen LogP contribution in [0, 0.1) is 0 Å². The van der Waals surface area contributed by atoms with E-state index in [4.69, 9.17) is 0 Å². The van der Waals surface area contributed by atoms with Gasteiger partial charge in [0.1, 0.15) is 17.3 Å². The van der Waals surface area contributed by atoms with Crippen molar-refractivity contribution in [2.75, 3.05) is 0 Å². The Morgan fingerprint density at radius 1 is 1.20 bits per heavy atom. The molecule has 3 nitrogen and oxygen atoms in total. The Bertz CT molecular complexity index is 423. The molecular formula is C12H14O3. The first-order valence-electron chi connectivity index (χ1n) is 5.16. The van der Waals surface area contributed by atoms with Gasteiger partial charge in [-0.15, -0.1) is 0 Å². The maximum atomic E-state index is 11.9. The van der Waals surface area contributed by atoms with Crippen LogP contribution in [0.5, 0.6) is 11.5 Å². The molecule has 0 fully saturated rings. The Kier molecular flexibility index (Phi) is 2.18. The zero-order chi connectivity index (χ0) is 11.2. The number of benzene rings is 1. The summed E-state index contributed by atoms with van der Waals surface area (Å²) in [5.41, 5.74) is 1.22. The minimum atomic E-state index is -0.308. The summed E-state index contributed by atoms with van der Waals surface area (Å²) < 4.78 is 0. The molecule has 0 saturated heterocycles. The average Bonchev–Trinajstić information content (AvgIpc) is 2.47. The Labute approximate surface area is 88.4 Å². The molecule has 0 amide bonds. The van der Waals surface area contributed by atoms with Crippen LogP contribution >= 0.6 is 0 Å². The van der Waals surface area contributed by atoms with Gasteiger partial charge in [-0.1, -0.05) is 13.8 Å². The van der Waals surface area contributed by atoms with E-state index in [2.05, 4.69) is 0 Å². The molecule has 0 bridgehead atoms. The van der Waals surface area contributed by atoms with Crippen LogP contribution in [0.15, 0.2) is 12.1 Å². The topological polar surface area (TPSA) is 57.5 Å². The van der Waals surface area contributed by atoms with Crippen molar-refractivity contribution < 1.29 is 15.0 Å². The van der Waals surface area contributed by atoms with Crippen LogP contribution in [0.1, 0.15) is 43.2 Å². The molecule has 1 aliphatic rings. The summed E-state index contributed by atoms with van der Waals surface area (Å²) in [5.74, 6) is -0.254. The highest BCUT2D eigenvalue weighted by Gasteiger charge is 2.39. The number of phenolic OH excluding ortho intramolecular Hbond substituents is 2. The summed E-state index contributed by atoms with van der Waals surface area (Å²) >= 11 is 0. The second kappa shape index (κ2) is 3.26. The molecule has 2 atom stereocenters. The van der Waals surface area contributed by atoms with Gasteiger partial charge in [-0.05, 0) is 18.6 Å². The van der Waals surface area contributed by atoms with Crippen LogP contribution in [-0.4, -0.2) is 16.0 Å². The number of hydrogen-bond donors (Lipinski definition) is 2. The van der Waals surface area contributed by atoms with Gasteiger partial charge in [-0.3, -0.25) is 4.79 Å². The van der Waals surface area contributed by atoms with Gasteiger partial charge in [0.15, 0.2) is 0 Å². The predicted octanol–water partition coefficient (Wildman–Crippen LogP) is 2.28. The van der Waals surface area contributed by atoms with Crippen molar-refractivity contribution in [1.82, 2.24) is 0 Å². The lowest BCUT2D eigenvalue weighted by Crippen LogP contribution is -2.07. The maximum absolute atomic E-state index is 11.9. The maximum Gasteiger partial charge on any atom is 0.147 e. The largest absolute Gasteiger partial charge is 0.508 e. The summed E-state index contributed by atoms with van der Waals surface area (Å²) in [6.45, 7) is 3.68. The van der Waals surface area contributed by atoms with Crippen molar-refractivity contribution in [3.63, 3.8) is 0 Å². The van der Waals surface area contributed by atoms with E-state index in [0.29, 0.717) is 17.5 Å². The minimum Gasteiger partial charge on any atom is -0.508 e. The first kappa shape index (κ1) is 10.0. The zero-order valence-electron chi connectivity index (χ0n) is 8.82. The summed E-state index contributed by atoms with van der Waals surface area (Å²) in [6.07, 6.45) is 0.660. The number of ketones is 1. The highest BCUT2D eigenvalue weighted by molar-refractivity contribution is 5.98. The van der Waals surface area contributed by atoms with Crippen molar-refractivity contribution in [1.29, 1.82) is 0 Å². The monoisotopic (exact) mass is 206 g/mol. The molecule has 80 valence electrons. The van der Waals surface area contributed by atoms with E-state index >= 15 is 0 Å². The molecule has 2 N–H and O–H groups in total. The fourth-order valence-corrected chi connectivity index (χ4v) is 2.43. The van der Waals surface area contributed by atoms with E-state index in [1.807, 2.05) is 6.92 Å². The van der Waals surface area contributed by atoms with E-state index < -0.39 is 0 Å². The fourth-order valence-electron chi connectivity index (χ4n) is 2.43. The third-order valence-electron chi connectivity index (χ3n) is 3.20. The van der Waals surface area contributed by atoms with Crippen LogP contribution in [0.3, 0.4) is 0 Å². The van der Waals surface area contributed by atoms with Gasteiger partial charge in [0.25, 0.3) is 0 Å². The number of aromatic hydroxyl groups is 2. The van der Waals surface area contributed by atoms with Gasteiger partial charge in [-0.2, -0.15) is 0 Å². The number of carbonyl (C=O) groups excluding carboxylic acids is 1. The van der Waals surface area contributed by atoms with Gasteiger partial charge in [0.05, 0.1) is 0 Å². The lowest BCUT2D eigenvalue weighted by molar-refractivity contribution is -0.120. The van der Waals surface area contributed by atoms with Crippen LogP contribution in [-0.2, 0) is 4.79 Å². The van der Waals surface area contributed by atoms with E-state index in [1.165, 1.54) is 12.1 Å². The number of hydrogen-bond acceptors (Lipinski definition) is 3. The third kappa shape index (κ3) is 1.23. The fraction of sp³-hybridized carbons (Fsp3) is 0.417. The molecule has 1 aliphatic carbocycles. The van der Waals surface area contributed by atoms with Gasteiger partial charge in [-0.25, -0.2) is 0 Å². The Balaban J connectivity index is 2.69. The third-order valence-corrected chi connectivity index (χ3v) is 3.20. The molecule has 2 unspecified atom stereocenters.